The molecular formula is C30H24BrCl2F3N2O6. The van der Waals surface area contributed by atoms with Gasteiger partial charge >= 0.3 is 6.36 Å². The summed E-state index contributed by atoms with van der Waals surface area (Å²) in [5.74, 6) is -8.21. The van der Waals surface area contributed by atoms with Gasteiger partial charge in [-0.05, 0) is 61.1 Å². The molecule has 44 heavy (non-hydrogen) atoms. The highest BCUT2D eigenvalue weighted by atomic mass is 79.9. The molecule has 1 N–H and O–H groups in total. The van der Waals surface area contributed by atoms with Crippen molar-refractivity contribution in [1.82, 2.24) is 4.90 Å². The SMILES string of the molecule is CCc1ccc(N2C(=O)C3CC=C4C(CC5(Cl)C(=O)N(CBr)C(=O)C5(Cl)C4c4cc(OC(F)(F)F)ccc4O)C3C2=O)cc1. The van der Waals surface area contributed by atoms with Crippen LogP contribution in [0.25, 0.3) is 0 Å². The fourth-order valence-corrected chi connectivity index (χ4v) is 8.61. The molecule has 0 radical (unpaired) electrons. The number of anilines is 1. The second-order valence-corrected chi connectivity index (χ2v) is 13.0. The zero-order chi connectivity index (χ0) is 31.9. The van der Waals surface area contributed by atoms with Crippen molar-refractivity contribution < 1.29 is 42.2 Å². The molecule has 2 aliphatic carbocycles. The minimum absolute atomic E-state index is 0.0488. The molecule has 4 aliphatic rings. The molecule has 2 saturated heterocycles. The summed E-state index contributed by atoms with van der Waals surface area (Å²) >= 11 is 17.3. The van der Waals surface area contributed by atoms with Gasteiger partial charge in [0, 0.05) is 11.5 Å². The number of carbonyl (C=O) groups excluding carboxylic acids is 4. The summed E-state index contributed by atoms with van der Waals surface area (Å²) in [5.41, 5.74) is 1.17. The Morgan fingerprint density at radius 3 is 2.32 bits per heavy atom. The van der Waals surface area contributed by atoms with Crippen molar-refractivity contribution >= 4 is 68.4 Å². The van der Waals surface area contributed by atoms with Gasteiger partial charge in [-0.2, -0.15) is 0 Å². The van der Waals surface area contributed by atoms with Gasteiger partial charge in [-0.3, -0.25) is 29.0 Å². The van der Waals surface area contributed by atoms with Crippen molar-refractivity contribution in [1.29, 1.82) is 0 Å². The molecule has 1 saturated carbocycles. The van der Waals surface area contributed by atoms with Gasteiger partial charge in [-0.1, -0.05) is 46.6 Å². The smallest absolute Gasteiger partial charge is 0.508 e. The van der Waals surface area contributed by atoms with Gasteiger partial charge in [0.05, 0.1) is 23.0 Å². The van der Waals surface area contributed by atoms with Gasteiger partial charge in [0.15, 0.2) is 9.75 Å². The standard InChI is InChI=1S/C30H24BrCl2F3N2O6/c1-2-14-3-5-15(6-4-14)38-24(40)18-9-8-17-20(22(18)25(38)41)12-28(32)26(42)37(13-31)27(43)29(28,33)23(17)19-11-16(7-10-21(19)39)44-30(34,35)36/h3-8,10-11,18,20,22-23,39H,2,9,12-13H2,1H3. The Kier molecular flexibility index (Phi) is 7.37. The number of alkyl halides is 6. The van der Waals surface area contributed by atoms with Crippen molar-refractivity contribution in [3.63, 3.8) is 0 Å². The number of aryl methyl sites for hydroxylation is 1. The van der Waals surface area contributed by atoms with Gasteiger partial charge in [0.1, 0.15) is 11.5 Å². The number of aromatic hydroxyl groups is 1. The summed E-state index contributed by atoms with van der Waals surface area (Å²) in [6, 6.07) is 9.70. The molecule has 2 aromatic rings. The van der Waals surface area contributed by atoms with Crippen molar-refractivity contribution in [3.05, 3.63) is 65.2 Å². The lowest BCUT2D eigenvalue weighted by atomic mass is 9.56. The van der Waals surface area contributed by atoms with E-state index in [1.807, 2.05) is 19.1 Å². The van der Waals surface area contributed by atoms with E-state index >= 15 is 0 Å². The molecule has 2 aliphatic heterocycles. The molecular weight excluding hydrogens is 692 g/mol. The molecule has 6 unspecified atom stereocenters. The third kappa shape index (κ3) is 4.31. The van der Waals surface area contributed by atoms with E-state index in [2.05, 4.69) is 20.7 Å². The van der Waals surface area contributed by atoms with Crippen LogP contribution >= 0.6 is 39.1 Å². The fraction of sp³-hybridized carbons (Fsp3) is 0.400. The van der Waals surface area contributed by atoms with Crippen molar-refractivity contribution in [2.45, 2.75) is 48.2 Å². The first-order chi connectivity index (χ1) is 20.7. The number of rotatable bonds is 5. The van der Waals surface area contributed by atoms with Crippen LogP contribution in [0.3, 0.4) is 0 Å². The fourth-order valence-electron chi connectivity index (χ4n) is 7.19. The molecule has 2 aromatic carbocycles. The lowest BCUT2D eigenvalue weighted by molar-refractivity contribution is -0.274. The van der Waals surface area contributed by atoms with Gasteiger partial charge in [-0.15, -0.1) is 36.4 Å². The van der Waals surface area contributed by atoms with Gasteiger partial charge in [0.25, 0.3) is 11.8 Å². The predicted octanol–water partition coefficient (Wildman–Crippen LogP) is 5.77. The highest BCUT2D eigenvalue weighted by Crippen LogP contribution is 2.66. The maximum absolute atomic E-state index is 14.1. The largest absolute Gasteiger partial charge is 0.573 e. The minimum Gasteiger partial charge on any atom is -0.508 e. The van der Waals surface area contributed by atoms with E-state index in [0.717, 1.165) is 40.0 Å². The number of nitrogens with zero attached hydrogens (tertiary/aromatic N) is 2. The number of benzene rings is 2. The van der Waals surface area contributed by atoms with Crippen molar-refractivity contribution in [2.24, 2.45) is 17.8 Å². The first-order valence-corrected chi connectivity index (χ1v) is 15.6. The molecule has 0 bridgehead atoms. The lowest BCUT2D eigenvalue weighted by Crippen LogP contribution is -2.60. The highest BCUT2D eigenvalue weighted by Gasteiger charge is 2.76. The average Bonchev–Trinajstić information content (AvgIpc) is 3.31. The number of ether oxygens (including phenoxy) is 1. The number of hydrogen-bond donors (Lipinski definition) is 1. The lowest BCUT2D eigenvalue weighted by Gasteiger charge is -2.50. The van der Waals surface area contributed by atoms with Crippen LogP contribution in [0, 0.1) is 17.8 Å². The van der Waals surface area contributed by atoms with Crippen molar-refractivity contribution in [2.75, 3.05) is 10.4 Å². The molecule has 14 heteroatoms. The zero-order valence-corrected chi connectivity index (χ0v) is 26.0. The van der Waals surface area contributed by atoms with E-state index in [0.29, 0.717) is 11.3 Å². The zero-order valence-electron chi connectivity index (χ0n) is 22.9. The monoisotopic (exact) mass is 714 g/mol. The van der Waals surface area contributed by atoms with Crippen molar-refractivity contribution in [3.8, 4) is 11.5 Å². The van der Waals surface area contributed by atoms with Crippen LogP contribution in [0.2, 0.25) is 0 Å². The number of imide groups is 2. The van der Waals surface area contributed by atoms with E-state index < -0.39 is 74.9 Å². The molecule has 0 spiro atoms. The number of hydrogen-bond acceptors (Lipinski definition) is 6. The maximum atomic E-state index is 14.1. The van der Waals surface area contributed by atoms with E-state index in [-0.39, 0.29) is 23.9 Å². The third-order valence-electron chi connectivity index (χ3n) is 9.16. The number of carbonyl (C=O) groups is 4. The number of phenols is 1. The summed E-state index contributed by atoms with van der Waals surface area (Å²) < 4.78 is 43.6. The van der Waals surface area contributed by atoms with Crippen LogP contribution in [0.15, 0.2) is 54.1 Å². The van der Waals surface area contributed by atoms with Crippen LogP contribution in [0.5, 0.6) is 11.5 Å². The minimum atomic E-state index is -5.07. The Balaban J connectivity index is 1.51. The Labute approximate surface area is 267 Å². The molecule has 232 valence electrons. The molecule has 6 rings (SSSR count). The molecule has 2 heterocycles. The van der Waals surface area contributed by atoms with Crippen LogP contribution in [0.1, 0.15) is 36.8 Å². The molecule has 0 aromatic heterocycles. The Hall–Kier alpha value is -3.09. The van der Waals surface area contributed by atoms with Crippen LogP contribution < -0.4 is 9.64 Å². The van der Waals surface area contributed by atoms with Gasteiger partial charge < -0.3 is 9.84 Å². The summed E-state index contributed by atoms with van der Waals surface area (Å²) in [7, 11) is 0. The van der Waals surface area contributed by atoms with Gasteiger partial charge in [-0.25, -0.2) is 0 Å². The topological polar surface area (TPSA) is 104 Å². The second-order valence-electron chi connectivity index (χ2n) is 11.3. The van der Waals surface area contributed by atoms with Crippen LogP contribution in [-0.2, 0) is 25.6 Å². The quantitative estimate of drug-likeness (QED) is 0.183. The molecule has 4 amide bonds. The molecule has 8 nitrogen and oxygen atoms in total. The highest BCUT2D eigenvalue weighted by molar-refractivity contribution is 9.09. The first-order valence-electron chi connectivity index (χ1n) is 13.7. The Morgan fingerprint density at radius 1 is 1.02 bits per heavy atom. The summed E-state index contributed by atoms with van der Waals surface area (Å²) in [6.45, 7) is 1.97. The summed E-state index contributed by atoms with van der Waals surface area (Å²) in [5, 5.41) is 11.0. The average molecular weight is 716 g/mol. The van der Waals surface area contributed by atoms with Gasteiger partial charge in [0.2, 0.25) is 11.8 Å². The van der Waals surface area contributed by atoms with E-state index in [4.69, 9.17) is 23.2 Å². The third-order valence-corrected chi connectivity index (χ3v) is 11.1. The first kappa shape index (κ1) is 30.9. The number of fused-ring (bicyclic) bond motifs is 4. The number of likely N-dealkylation sites (tertiary alicyclic amines) is 1. The van der Waals surface area contributed by atoms with E-state index in [1.165, 1.54) is 0 Å². The Morgan fingerprint density at radius 2 is 1.70 bits per heavy atom. The summed E-state index contributed by atoms with van der Waals surface area (Å²) in [6.07, 6.45) is -2.96. The molecule has 3 fully saturated rings. The maximum Gasteiger partial charge on any atom is 0.573 e. The van der Waals surface area contributed by atoms with Crippen LogP contribution in [0.4, 0.5) is 18.9 Å². The van der Waals surface area contributed by atoms with E-state index in [1.54, 1.807) is 18.2 Å². The molecule has 6 atom stereocenters. The van der Waals surface area contributed by atoms with E-state index in [9.17, 15) is 37.5 Å². The number of phenolic OH excluding ortho intramolecular Hbond substituents is 1. The van der Waals surface area contributed by atoms with Crippen LogP contribution in [-0.4, -0.2) is 55.2 Å². The second kappa shape index (κ2) is 10.5. The normalized spacial score (nSPS) is 31.6. The Bertz CT molecular complexity index is 1640. The number of halogens is 6. The summed E-state index contributed by atoms with van der Waals surface area (Å²) in [4.78, 5) is 52.7. The number of amides is 4. The number of allylic oxidation sites excluding steroid dienone is 2. The predicted molar refractivity (Wildman–Crippen MR) is 156 cm³/mol.